The molecule has 0 bridgehead atoms. The van der Waals surface area contributed by atoms with Crippen LogP contribution in [0.5, 0.6) is 5.75 Å². The standard InChI is InChI=1S/C18H20N4O2/c1-10-6-15(17-9-19-11(2)22(17)4)21-14-8-16(20-12(3)23)18(24-5)7-13(10)14/h6-9H,1-5H3,(H,20,23). The molecule has 0 saturated carbocycles. The molecule has 2 heterocycles. The number of amides is 1. The molecule has 2 aromatic heterocycles. The van der Waals surface area contributed by atoms with Crippen molar-refractivity contribution in [3.05, 3.63) is 35.8 Å². The molecule has 6 heteroatoms. The number of pyridine rings is 1. The summed E-state index contributed by atoms with van der Waals surface area (Å²) < 4.78 is 7.40. The number of benzene rings is 1. The lowest BCUT2D eigenvalue weighted by Crippen LogP contribution is -2.07. The smallest absolute Gasteiger partial charge is 0.221 e. The van der Waals surface area contributed by atoms with Crippen molar-refractivity contribution in [1.82, 2.24) is 14.5 Å². The number of rotatable bonds is 3. The summed E-state index contributed by atoms with van der Waals surface area (Å²) in [6.45, 7) is 5.46. The summed E-state index contributed by atoms with van der Waals surface area (Å²) in [5, 5.41) is 3.78. The van der Waals surface area contributed by atoms with E-state index in [1.807, 2.05) is 49.9 Å². The number of carbonyl (C=O) groups is 1. The minimum Gasteiger partial charge on any atom is -0.495 e. The zero-order valence-corrected chi connectivity index (χ0v) is 14.5. The third kappa shape index (κ3) is 2.71. The molecule has 3 aromatic rings. The second-order valence-electron chi connectivity index (χ2n) is 5.82. The lowest BCUT2D eigenvalue weighted by molar-refractivity contribution is -0.114. The number of fused-ring (bicyclic) bond motifs is 1. The molecular weight excluding hydrogens is 304 g/mol. The monoisotopic (exact) mass is 324 g/mol. The molecule has 1 aromatic carbocycles. The van der Waals surface area contributed by atoms with Crippen LogP contribution in [0.3, 0.4) is 0 Å². The van der Waals surface area contributed by atoms with E-state index in [1.165, 1.54) is 6.92 Å². The van der Waals surface area contributed by atoms with Gasteiger partial charge in [0.1, 0.15) is 11.6 Å². The molecule has 6 nitrogen and oxygen atoms in total. The van der Waals surface area contributed by atoms with Crippen molar-refractivity contribution in [2.45, 2.75) is 20.8 Å². The van der Waals surface area contributed by atoms with Crippen molar-refractivity contribution in [2.24, 2.45) is 7.05 Å². The predicted molar refractivity (Wildman–Crippen MR) is 94.3 cm³/mol. The summed E-state index contributed by atoms with van der Waals surface area (Å²) in [7, 11) is 3.55. The number of hydrogen-bond donors (Lipinski definition) is 1. The molecule has 0 aliphatic carbocycles. The summed E-state index contributed by atoms with van der Waals surface area (Å²) in [6, 6.07) is 5.78. The molecule has 0 aliphatic heterocycles. The maximum Gasteiger partial charge on any atom is 0.221 e. The Hall–Kier alpha value is -2.89. The Morgan fingerprint density at radius 2 is 2.00 bits per heavy atom. The number of hydrogen-bond acceptors (Lipinski definition) is 4. The van der Waals surface area contributed by atoms with Gasteiger partial charge in [0, 0.05) is 19.4 Å². The van der Waals surface area contributed by atoms with Gasteiger partial charge in [-0.2, -0.15) is 0 Å². The fraction of sp³-hybridized carbons (Fsp3) is 0.278. The number of carbonyl (C=O) groups excluding carboxylic acids is 1. The van der Waals surface area contributed by atoms with E-state index in [9.17, 15) is 4.79 Å². The van der Waals surface area contributed by atoms with Gasteiger partial charge in [0.25, 0.3) is 0 Å². The Bertz CT molecular complexity index is 944. The van der Waals surface area contributed by atoms with E-state index in [1.54, 1.807) is 7.11 Å². The van der Waals surface area contributed by atoms with Crippen molar-refractivity contribution in [2.75, 3.05) is 12.4 Å². The first-order chi connectivity index (χ1) is 11.4. The summed E-state index contributed by atoms with van der Waals surface area (Å²) in [6.07, 6.45) is 1.82. The Labute approximate surface area is 140 Å². The topological polar surface area (TPSA) is 69.0 Å². The van der Waals surface area contributed by atoms with Gasteiger partial charge < -0.3 is 14.6 Å². The van der Waals surface area contributed by atoms with E-state index in [0.717, 1.165) is 33.7 Å². The van der Waals surface area contributed by atoms with Crippen LogP contribution in [-0.2, 0) is 11.8 Å². The average Bonchev–Trinajstić information content (AvgIpc) is 2.85. The molecule has 3 rings (SSSR count). The summed E-state index contributed by atoms with van der Waals surface area (Å²) in [4.78, 5) is 20.5. The normalized spacial score (nSPS) is 10.9. The van der Waals surface area contributed by atoms with E-state index < -0.39 is 0 Å². The maximum absolute atomic E-state index is 11.4. The molecule has 0 atom stereocenters. The fourth-order valence-electron chi connectivity index (χ4n) is 2.75. The molecule has 0 aliphatic rings. The highest BCUT2D eigenvalue weighted by molar-refractivity contribution is 5.96. The van der Waals surface area contributed by atoms with Gasteiger partial charge in [-0.3, -0.25) is 4.79 Å². The minimum atomic E-state index is -0.150. The lowest BCUT2D eigenvalue weighted by atomic mass is 10.1. The van der Waals surface area contributed by atoms with E-state index >= 15 is 0 Å². The molecular formula is C18H20N4O2. The van der Waals surface area contributed by atoms with Crippen molar-refractivity contribution in [1.29, 1.82) is 0 Å². The molecule has 1 amide bonds. The van der Waals surface area contributed by atoms with Crippen LogP contribution in [0.1, 0.15) is 18.3 Å². The van der Waals surface area contributed by atoms with E-state index in [2.05, 4.69) is 10.3 Å². The highest BCUT2D eigenvalue weighted by atomic mass is 16.5. The Morgan fingerprint density at radius 1 is 1.25 bits per heavy atom. The number of aromatic nitrogens is 3. The molecule has 0 spiro atoms. The number of imidazole rings is 1. The number of methoxy groups -OCH3 is 1. The van der Waals surface area contributed by atoms with Gasteiger partial charge in [0.05, 0.1) is 35.9 Å². The molecule has 24 heavy (non-hydrogen) atoms. The predicted octanol–water partition coefficient (Wildman–Crippen LogP) is 3.22. The number of ether oxygens (including phenoxy) is 1. The van der Waals surface area contributed by atoms with Crippen LogP contribution in [0.4, 0.5) is 5.69 Å². The van der Waals surface area contributed by atoms with Crippen molar-refractivity contribution < 1.29 is 9.53 Å². The Morgan fingerprint density at radius 3 is 2.58 bits per heavy atom. The molecule has 0 fully saturated rings. The van der Waals surface area contributed by atoms with E-state index in [-0.39, 0.29) is 5.91 Å². The van der Waals surface area contributed by atoms with E-state index in [0.29, 0.717) is 11.4 Å². The van der Waals surface area contributed by atoms with Crippen LogP contribution >= 0.6 is 0 Å². The van der Waals surface area contributed by atoms with Crippen molar-refractivity contribution >= 4 is 22.5 Å². The molecule has 124 valence electrons. The van der Waals surface area contributed by atoms with E-state index in [4.69, 9.17) is 9.72 Å². The maximum atomic E-state index is 11.4. The van der Waals surface area contributed by atoms with Gasteiger partial charge in [-0.05, 0) is 37.6 Å². The van der Waals surface area contributed by atoms with Crippen molar-refractivity contribution in [3.63, 3.8) is 0 Å². The van der Waals surface area contributed by atoms with Gasteiger partial charge in [-0.15, -0.1) is 0 Å². The van der Waals surface area contributed by atoms with Crippen LogP contribution in [0.2, 0.25) is 0 Å². The zero-order valence-electron chi connectivity index (χ0n) is 14.5. The summed E-state index contributed by atoms with van der Waals surface area (Å²) in [5.41, 5.74) is 4.30. The largest absolute Gasteiger partial charge is 0.495 e. The average molecular weight is 324 g/mol. The number of anilines is 1. The number of nitrogens with zero attached hydrogens (tertiary/aromatic N) is 3. The van der Waals surface area contributed by atoms with Gasteiger partial charge in [0.2, 0.25) is 5.91 Å². The Balaban J connectivity index is 2.22. The second kappa shape index (κ2) is 5.96. The number of nitrogens with one attached hydrogen (secondary N) is 1. The third-order valence-electron chi connectivity index (χ3n) is 4.13. The fourth-order valence-corrected chi connectivity index (χ4v) is 2.75. The first-order valence-electron chi connectivity index (χ1n) is 7.66. The third-order valence-corrected chi connectivity index (χ3v) is 4.13. The minimum absolute atomic E-state index is 0.150. The highest BCUT2D eigenvalue weighted by Gasteiger charge is 2.13. The SMILES string of the molecule is COc1cc2c(C)cc(-c3cnc(C)n3C)nc2cc1NC(C)=O. The van der Waals surface area contributed by atoms with Gasteiger partial charge >= 0.3 is 0 Å². The molecule has 0 saturated heterocycles. The molecule has 0 radical (unpaired) electrons. The lowest BCUT2D eigenvalue weighted by Gasteiger charge is -2.13. The van der Waals surface area contributed by atoms with Crippen molar-refractivity contribution in [3.8, 4) is 17.1 Å². The molecule has 0 unspecified atom stereocenters. The second-order valence-corrected chi connectivity index (χ2v) is 5.82. The quantitative estimate of drug-likeness (QED) is 0.803. The first kappa shape index (κ1) is 16.0. The summed E-state index contributed by atoms with van der Waals surface area (Å²) in [5.74, 6) is 1.40. The highest BCUT2D eigenvalue weighted by Crippen LogP contribution is 2.33. The summed E-state index contributed by atoms with van der Waals surface area (Å²) >= 11 is 0. The van der Waals surface area contributed by atoms with Crippen LogP contribution in [0.15, 0.2) is 24.4 Å². The number of aryl methyl sites for hydroxylation is 2. The van der Waals surface area contributed by atoms with Gasteiger partial charge in [-0.25, -0.2) is 9.97 Å². The van der Waals surface area contributed by atoms with Crippen LogP contribution in [-0.4, -0.2) is 27.6 Å². The van der Waals surface area contributed by atoms with Crippen LogP contribution in [0, 0.1) is 13.8 Å². The van der Waals surface area contributed by atoms with Gasteiger partial charge in [0.15, 0.2) is 0 Å². The van der Waals surface area contributed by atoms with Crippen LogP contribution in [0.25, 0.3) is 22.3 Å². The van der Waals surface area contributed by atoms with Crippen LogP contribution < -0.4 is 10.1 Å². The molecule has 1 N–H and O–H groups in total. The zero-order chi connectivity index (χ0) is 17.4. The Kier molecular flexibility index (Phi) is 3.97. The van der Waals surface area contributed by atoms with Gasteiger partial charge in [-0.1, -0.05) is 0 Å². The first-order valence-corrected chi connectivity index (χ1v) is 7.66.